The molecule has 7 nitrogen and oxygen atoms in total. The maximum atomic E-state index is 10.0. The molecule has 0 radical (unpaired) electrons. The van der Waals surface area contributed by atoms with Crippen LogP contribution in [0.15, 0.2) is 0 Å². The number of rotatable bonds is 4. The number of aliphatic hydroxyl groups is 4. The molecule has 0 aliphatic carbocycles. The normalized spacial score (nSPS) is 15.5. The molecule has 1 aliphatic heterocycles. The number of carbonyl (C=O) groups excluding carboxylic acids is 2. The molecule has 1 fully saturated rings. The second kappa shape index (κ2) is 7.29. The zero-order valence-corrected chi connectivity index (χ0v) is 8.76. The van der Waals surface area contributed by atoms with E-state index in [9.17, 15) is 9.59 Å². The van der Waals surface area contributed by atoms with Crippen molar-refractivity contribution in [3.05, 3.63) is 0 Å². The van der Waals surface area contributed by atoms with Crippen molar-refractivity contribution in [3.63, 3.8) is 0 Å². The standard InChI is InChI=1S/C5H12O4.C4H4O3/c6-1-5(2-7,3-8)4-9;5-3-1-2-4(6)7-3/h6-9H,1-4H2;1-2H2. The number of cyclic esters (lactones) is 2. The molecule has 16 heavy (non-hydrogen) atoms. The first-order valence-electron chi connectivity index (χ1n) is 4.70. The number of hydrogen-bond donors (Lipinski definition) is 4. The summed E-state index contributed by atoms with van der Waals surface area (Å²) in [5.41, 5.74) is -1.11. The van der Waals surface area contributed by atoms with E-state index in [1.54, 1.807) is 0 Å². The van der Waals surface area contributed by atoms with Gasteiger partial charge in [0.15, 0.2) is 0 Å². The zero-order chi connectivity index (χ0) is 12.6. The second-order valence-corrected chi connectivity index (χ2v) is 3.48. The molecule has 0 amide bonds. The van der Waals surface area contributed by atoms with E-state index >= 15 is 0 Å². The maximum absolute atomic E-state index is 10.0. The highest BCUT2D eigenvalue weighted by molar-refractivity contribution is 5.92. The minimum absolute atomic E-state index is 0.263. The largest absolute Gasteiger partial charge is 0.396 e. The van der Waals surface area contributed by atoms with Gasteiger partial charge in [-0.2, -0.15) is 0 Å². The van der Waals surface area contributed by atoms with Crippen molar-refractivity contribution in [2.45, 2.75) is 12.8 Å². The quantitative estimate of drug-likeness (QED) is 0.322. The van der Waals surface area contributed by atoms with E-state index in [4.69, 9.17) is 20.4 Å². The molecular weight excluding hydrogens is 220 g/mol. The fraction of sp³-hybridized carbons (Fsp3) is 0.778. The third-order valence-corrected chi connectivity index (χ3v) is 2.10. The fourth-order valence-electron chi connectivity index (χ4n) is 0.733. The summed E-state index contributed by atoms with van der Waals surface area (Å²) >= 11 is 0. The molecule has 0 bridgehead atoms. The SMILES string of the molecule is O=C1CCC(=O)O1.OCC(CO)(CO)CO. The van der Waals surface area contributed by atoms with Crippen LogP contribution in [0.5, 0.6) is 0 Å². The highest BCUT2D eigenvalue weighted by atomic mass is 16.6. The monoisotopic (exact) mass is 236 g/mol. The summed E-state index contributed by atoms with van der Waals surface area (Å²) in [6.45, 7) is -1.62. The van der Waals surface area contributed by atoms with Crippen molar-refractivity contribution in [2.24, 2.45) is 5.41 Å². The highest BCUT2D eigenvalue weighted by Gasteiger charge is 2.26. The van der Waals surface area contributed by atoms with E-state index < -0.39 is 43.8 Å². The fourth-order valence-corrected chi connectivity index (χ4v) is 0.733. The Morgan fingerprint density at radius 2 is 1.19 bits per heavy atom. The van der Waals surface area contributed by atoms with Crippen LogP contribution in [0.4, 0.5) is 0 Å². The molecule has 0 aromatic carbocycles. The van der Waals surface area contributed by atoms with E-state index in [1.807, 2.05) is 0 Å². The lowest BCUT2D eigenvalue weighted by Crippen LogP contribution is -2.37. The molecule has 1 heterocycles. The van der Waals surface area contributed by atoms with Crippen LogP contribution in [0.25, 0.3) is 0 Å². The van der Waals surface area contributed by atoms with Crippen LogP contribution < -0.4 is 0 Å². The summed E-state index contributed by atoms with van der Waals surface area (Å²) in [5.74, 6) is -0.796. The predicted molar refractivity (Wildman–Crippen MR) is 51.1 cm³/mol. The Morgan fingerprint density at radius 3 is 1.25 bits per heavy atom. The molecule has 0 atom stereocenters. The molecule has 1 rings (SSSR count). The van der Waals surface area contributed by atoms with Gasteiger partial charge in [0.2, 0.25) is 0 Å². The summed E-state index contributed by atoms with van der Waals surface area (Å²) in [4.78, 5) is 20.0. The second-order valence-electron chi connectivity index (χ2n) is 3.48. The van der Waals surface area contributed by atoms with Crippen LogP contribution in [0, 0.1) is 5.41 Å². The van der Waals surface area contributed by atoms with Gasteiger partial charge in [0.05, 0.1) is 44.7 Å². The van der Waals surface area contributed by atoms with Gasteiger partial charge < -0.3 is 25.2 Å². The summed E-state index contributed by atoms with van der Waals surface area (Å²) in [6.07, 6.45) is 0.525. The van der Waals surface area contributed by atoms with E-state index in [0.29, 0.717) is 0 Å². The molecule has 1 saturated heterocycles. The van der Waals surface area contributed by atoms with Gasteiger partial charge in [-0.1, -0.05) is 0 Å². The van der Waals surface area contributed by atoms with Gasteiger partial charge in [0, 0.05) is 0 Å². The van der Waals surface area contributed by atoms with Crippen molar-refractivity contribution < 1.29 is 34.8 Å². The first-order chi connectivity index (χ1) is 7.53. The number of aliphatic hydroxyl groups excluding tert-OH is 4. The molecule has 0 aromatic rings. The molecule has 0 saturated carbocycles. The average molecular weight is 236 g/mol. The van der Waals surface area contributed by atoms with E-state index in [-0.39, 0.29) is 12.8 Å². The molecule has 0 unspecified atom stereocenters. The number of esters is 2. The first kappa shape index (κ1) is 15.0. The Labute approximate surface area is 92.3 Å². The lowest BCUT2D eigenvalue weighted by molar-refractivity contribution is -0.151. The molecular formula is C9H16O7. The lowest BCUT2D eigenvalue weighted by Gasteiger charge is -2.23. The molecule has 1 aliphatic rings. The van der Waals surface area contributed by atoms with Crippen LogP contribution in [0.1, 0.15) is 12.8 Å². The topological polar surface area (TPSA) is 124 Å². The van der Waals surface area contributed by atoms with Gasteiger partial charge in [0.25, 0.3) is 0 Å². The number of carbonyl (C=O) groups is 2. The van der Waals surface area contributed by atoms with Crippen LogP contribution in [0.3, 0.4) is 0 Å². The predicted octanol–water partition coefficient (Wildman–Crippen LogP) is -2.21. The average Bonchev–Trinajstić information content (AvgIpc) is 2.67. The summed E-state index contributed by atoms with van der Waals surface area (Å²) in [5, 5.41) is 34.0. The Hall–Kier alpha value is -1.02. The van der Waals surface area contributed by atoms with E-state index in [0.717, 1.165) is 0 Å². The van der Waals surface area contributed by atoms with Crippen LogP contribution in [-0.4, -0.2) is 58.8 Å². The Morgan fingerprint density at radius 1 is 0.875 bits per heavy atom. The lowest BCUT2D eigenvalue weighted by atomic mass is 9.93. The van der Waals surface area contributed by atoms with Crippen molar-refractivity contribution in [1.29, 1.82) is 0 Å². The zero-order valence-electron chi connectivity index (χ0n) is 8.76. The summed E-state index contributed by atoms with van der Waals surface area (Å²) in [6, 6.07) is 0. The Bertz CT molecular complexity index is 203. The summed E-state index contributed by atoms with van der Waals surface area (Å²) in [7, 11) is 0. The van der Waals surface area contributed by atoms with Crippen molar-refractivity contribution in [1.82, 2.24) is 0 Å². The third-order valence-electron chi connectivity index (χ3n) is 2.10. The van der Waals surface area contributed by atoms with Gasteiger partial charge >= 0.3 is 11.9 Å². The molecule has 7 heteroatoms. The third kappa shape index (κ3) is 4.67. The molecule has 0 aromatic heterocycles. The smallest absolute Gasteiger partial charge is 0.314 e. The van der Waals surface area contributed by atoms with Crippen molar-refractivity contribution >= 4 is 11.9 Å². The van der Waals surface area contributed by atoms with Gasteiger partial charge in [0.1, 0.15) is 0 Å². The van der Waals surface area contributed by atoms with Crippen LogP contribution in [0.2, 0.25) is 0 Å². The minimum atomic E-state index is -1.11. The number of ether oxygens (including phenoxy) is 1. The molecule has 0 spiro atoms. The number of hydrogen-bond acceptors (Lipinski definition) is 7. The summed E-state index contributed by atoms with van der Waals surface area (Å²) < 4.78 is 4.08. The Kier molecular flexibility index (Phi) is 6.82. The van der Waals surface area contributed by atoms with Gasteiger partial charge in [-0.3, -0.25) is 9.59 Å². The van der Waals surface area contributed by atoms with E-state index in [2.05, 4.69) is 4.74 Å². The highest BCUT2D eigenvalue weighted by Crippen LogP contribution is 2.11. The molecule has 94 valence electrons. The van der Waals surface area contributed by atoms with Gasteiger partial charge in [-0.25, -0.2) is 0 Å². The van der Waals surface area contributed by atoms with Gasteiger partial charge in [-0.05, 0) is 0 Å². The van der Waals surface area contributed by atoms with Crippen molar-refractivity contribution in [3.8, 4) is 0 Å². The first-order valence-corrected chi connectivity index (χ1v) is 4.70. The van der Waals surface area contributed by atoms with Crippen LogP contribution in [-0.2, 0) is 14.3 Å². The van der Waals surface area contributed by atoms with Crippen LogP contribution >= 0.6 is 0 Å². The van der Waals surface area contributed by atoms with Crippen molar-refractivity contribution in [2.75, 3.05) is 26.4 Å². The maximum Gasteiger partial charge on any atom is 0.314 e. The Balaban J connectivity index is 0.000000288. The van der Waals surface area contributed by atoms with E-state index in [1.165, 1.54) is 0 Å². The molecule has 4 N–H and O–H groups in total. The van der Waals surface area contributed by atoms with Gasteiger partial charge in [-0.15, -0.1) is 0 Å². The minimum Gasteiger partial charge on any atom is -0.396 e.